The van der Waals surface area contributed by atoms with Crippen LogP contribution in [-0.4, -0.2) is 19.7 Å². The summed E-state index contributed by atoms with van der Waals surface area (Å²) in [4.78, 5) is 11.3. The number of rotatable bonds is 4. The molecule has 1 aromatic carbocycles. The highest BCUT2D eigenvalue weighted by molar-refractivity contribution is 5.89. The number of benzene rings is 1. The maximum absolute atomic E-state index is 13.2. The highest BCUT2D eigenvalue weighted by Crippen LogP contribution is 2.18. The molecule has 0 aliphatic carbocycles. The van der Waals surface area contributed by atoms with Gasteiger partial charge in [-0.1, -0.05) is 6.92 Å². The van der Waals surface area contributed by atoms with Crippen LogP contribution in [0.1, 0.15) is 23.7 Å². The molecule has 0 saturated carbocycles. The van der Waals surface area contributed by atoms with E-state index in [4.69, 9.17) is 9.47 Å². The summed E-state index contributed by atoms with van der Waals surface area (Å²) >= 11 is 0. The van der Waals surface area contributed by atoms with E-state index in [0.29, 0.717) is 6.61 Å². The predicted molar refractivity (Wildman–Crippen MR) is 53.5 cm³/mol. The number of methoxy groups -OCH3 is 1. The van der Waals surface area contributed by atoms with Crippen LogP contribution in [0.15, 0.2) is 18.2 Å². The molecule has 0 saturated heterocycles. The van der Waals surface area contributed by atoms with E-state index in [-0.39, 0.29) is 11.3 Å². The molecule has 0 N–H and O–H groups in total. The minimum Gasteiger partial charge on any atom is -0.494 e. The fraction of sp³-hybridized carbons (Fsp3) is 0.364. The van der Waals surface area contributed by atoms with E-state index in [1.54, 1.807) is 0 Å². The van der Waals surface area contributed by atoms with Crippen LogP contribution in [-0.2, 0) is 4.74 Å². The van der Waals surface area contributed by atoms with E-state index in [0.717, 1.165) is 12.5 Å². The lowest BCUT2D eigenvalue weighted by Crippen LogP contribution is -2.06. The average Bonchev–Trinajstić information content (AvgIpc) is 2.25. The molecule has 0 amide bonds. The fourth-order valence-corrected chi connectivity index (χ4v) is 1.07. The third-order valence-electron chi connectivity index (χ3n) is 1.82. The van der Waals surface area contributed by atoms with Gasteiger partial charge in [0.25, 0.3) is 0 Å². The molecule has 0 atom stereocenters. The van der Waals surface area contributed by atoms with Crippen molar-refractivity contribution in [3.8, 4) is 5.75 Å². The van der Waals surface area contributed by atoms with Gasteiger partial charge in [0.2, 0.25) is 0 Å². The zero-order valence-corrected chi connectivity index (χ0v) is 8.75. The molecule has 0 radical (unpaired) electrons. The number of hydrogen-bond donors (Lipinski definition) is 0. The van der Waals surface area contributed by atoms with Gasteiger partial charge in [0, 0.05) is 0 Å². The molecule has 0 aromatic heterocycles. The minimum atomic E-state index is -0.566. The molecule has 3 nitrogen and oxygen atoms in total. The van der Waals surface area contributed by atoms with E-state index in [1.807, 2.05) is 6.92 Å². The molecule has 15 heavy (non-hydrogen) atoms. The molecule has 0 heterocycles. The monoisotopic (exact) mass is 212 g/mol. The Bertz CT molecular complexity index is 350. The Kier molecular flexibility index (Phi) is 4.09. The Labute approximate surface area is 87.8 Å². The van der Waals surface area contributed by atoms with Crippen molar-refractivity contribution in [3.05, 3.63) is 29.6 Å². The van der Waals surface area contributed by atoms with Crippen molar-refractivity contribution < 1.29 is 18.7 Å². The number of carbonyl (C=O) groups is 1. The first-order valence-electron chi connectivity index (χ1n) is 4.69. The third-order valence-corrected chi connectivity index (χ3v) is 1.82. The van der Waals surface area contributed by atoms with Gasteiger partial charge < -0.3 is 9.47 Å². The lowest BCUT2D eigenvalue weighted by molar-refractivity contribution is 0.0504. The van der Waals surface area contributed by atoms with Gasteiger partial charge in [-0.3, -0.25) is 0 Å². The van der Waals surface area contributed by atoms with Gasteiger partial charge in [-0.05, 0) is 24.6 Å². The maximum Gasteiger partial charge on any atom is 0.338 e. The van der Waals surface area contributed by atoms with Crippen molar-refractivity contribution in [2.75, 3.05) is 13.7 Å². The Morgan fingerprint density at radius 3 is 2.73 bits per heavy atom. The number of esters is 1. The first kappa shape index (κ1) is 11.5. The smallest absolute Gasteiger partial charge is 0.338 e. The summed E-state index contributed by atoms with van der Waals surface area (Å²) in [5.41, 5.74) is 0.196. The molecule has 0 unspecified atom stereocenters. The standard InChI is InChI=1S/C11H13FO3/c1-3-6-15-11(13)8-4-5-10(14-2)9(12)7-8/h4-5,7H,3,6H2,1-2H3. The number of carbonyl (C=O) groups excluding carboxylic acids is 1. The van der Waals surface area contributed by atoms with E-state index < -0.39 is 11.8 Å². The van der Waals surface area contributed by atoms with Gasteiger partial charge in [0.05, 0.1) is 19.3 Å². The summed E-state index contributed by atoms with van der Waals surface area (Å²) in [5.74, 6) is -0.969. The molecule has 0 aliphatic heterocycles. The van der Waals surface area contributed by atoms with Crippen molar-refractivity contribution in [1.82, 2.24) is 0 Å². The predicted octanol–water partition coefficient (Wildman–Crippen LogP) is 2.40. The maximum atomic E-state index is 13.2. The van der Waals surface area contributed by atoms with Crippen LogP contribution >= 0.6 is 0 Å². The summed E-state index contributed by atoms with van der Waals surface area (Å²) in [5, 5.41) is 0. The molecular formula is C11H13FO3. The number of ether oxygens (including phenoxy) is 2. The van der Waals surface area contributed by atoms with Crippen LogP contribution in [0, 0.1) is 5.82 Å². The normalized spacial score (nSPS) is 9.80. The van der Waals surface area contributed by atoms with Crippen LogP contribution in [0.4, 0.5) is 4.39 Å². The molecular weight excluding hydrogens is 199 g/mol. The van der Waals surface area contributed by atoms with Crippen molar-refractivity contribution in [2.45, 2.75) is 13.3 Å². The second kappa shape index (κ2) is 5.34. The van der Waals surface area contributed by atoms with Crippen molar-refractivity contribution in [3.63, 3.8) is 0 Å². The Morgan fingerprint density at radius 1 is 1.47 bits per heavy atom. The molecule has 0 fully saturated rings. The Hall–Kier alpha value is -1.58. The summed E-state index contributed by atoms with van der Waals surface area (Å²) in [6.45, 7) is 2.23. The Morgan fingerprint density at radius 2 is 2.20 bits per heavy atom. The first-order chi connectivity index (χ1) is 7.19. The van der Waals surface area contributed by atoms with Gasteiger partial charge in [-0.2, -0.15) is 0 Å². The largest absolute Gasteiger partial charge is 0.494 e. The zero-order chi connectivity index (χ0) is 11.3. The average molecular weight is 212 g/mol. The minimum absolute atomic E-state index is 0.113. The van der Waals surface area contributed by atoms with Gasteiger partial charge >= 0.3 is 5.97 Å². The van der Waals surface area contributed by atoms with Crippen molar-refractivity contribution in [1.29, 1.82) is 0 Å². The number of halogens is 1. The highest BCUT2D eigenvalue weighted by atomic mass is 19.1. The topological polar surface area (TPSA) is 35.5 Å². The van der Waals surface area contributed by atoms with Gasteiger partial charge in [0.1, 0.15) is 0 Å². The molecule has 0 aliphatic rings. The first-order valence-corrected chi connectivity index (χ1v) is 4.69. The third kappa shape index (κ3) is 2.94. The summed E-state index contributed by atoms with van der Waals surface area (Å²) in [6, 6.07) is 3.98. The van der Waals surface area contributed by atoms with Gasteiger partial charge in [-0.25, -0.2) is 9.18 Å². The second-order valence-corrected chi connectivity index (χ2v) is 2.99. The molecule has 1 aromatic rings. The number of hydrogen-bond acceptors (Lipinski definition) is 3. The van der Waals surface area contributed by atoms with Crippen LogP contribution in [0.3, 0.4) is 0 Å². The van der Waals surface area contributed by atoms with Crippen molar-refractivity contribution >= 4 is 5.97 Å². The van der Waals surface area contributed by atoms with Crippen LogP contribution in [0.5, 0.6) is 5.75 Å². The van der Waals surface area contributed by atoms with E-state index in [1.165, 1.54) is 19.2 Å². The van der Waals surface area contributed by atoms with E-state index in [2.05, 4.69) is 0 Å². The lowest BCUT2D eigenvalue weighted by atomic mass is 10.2. The van der Waals surface area contributed by atoms with Gasteiger partial charge in [-0.15, -0.1) is 0 Å². The Balaban J connectivity index is 2.78. The zero-order valence-electron chi connectivity index (χ0n) is 8.75. The highest BCUT2D eigenvalue weighted by Gasteiger charge is 2.10. The van der Waals surface area contributed by atoms with E-state index in [9.17, 15) is 9.18 Å². The molecule has 4 heteroatoms. The summed E-state index contributed by atoms with van der Waals surface area (Å²) in [6.07, 6.45) is 0.740. The molecule has 82 valence electrons. The quantitative estimate of drug-likeness (QED) is 0.719. The van der Waals surface area contributed by atoms with Crippen LogP contribution in [0.25, 0.3) is 0 Å². The van der Waals surface area contributed by atoms with E-state index >= 15 is 0 Å². The second-order valence-electron chi connectivity index (χ2n) is 2.99. The SMILES string of the molecule is CCCOC(=O)c1ccc(OC)c(F)c1. The van der Waals surface area contributed by atoms with Crippen molar-refractivity contribution in [2.24, 2.45) is 0 Å². The molecule has 0 spiro atoms. The van der Waals surface area contributed by atoms with Crippen LogP contribution < -0.4 is 4.74 Å². The molecule has 1 rings (SSSR count). The fourth-order valence-electron chi connectivity index (χ4n) is 1.07. The summed E-state index contributed by atoms with van der Waals surface area (Å²) < 4.78 is 22.8. The van der Waals surface area contributed by atoms with Crippen LogP contribution in [0.2, 0.25) is 0 Å². The lowest BCUT2D eigenvalue weighted by Gasteiger charge is -2.05. The summed E-state index contributed by atoms with van der Waals surface area (Å²) in [7, 11) is 1.37. The molecule has 0 bridgehead atoms. The van der Waals surface area contributed by atoms with Gasteiger partial charge in [0.15, 0.2) is 11.6 Å².